The summed E-state index contributed by atoms with van der Waals surface area (Å²) in [6.45, 7) is 0.153. The van der Waals surface area contributed by atoms with Gasteiger partial charge in [-0.1, -0.05) is 12.1 Å². The Morgan fingerprint density at radius 3 is 2.81 bits per heavy atom. The first-order valence-corrected chi connectivity index (χ1v) is 6.49. The molecule has 6 nitrogen and oxygen atoms in total. The van der Waals surface area contributed by atoms with E-state index in [0.717, 1.165) is 5.56 Å². The molecule has 0 bridgehead atoms. The zero-order valence-electron chi connectivity index (χ0n) is 11.3. The van der Waals surface area contributed by atoms with Crippen molar-refractivity contribution in [2.75, 3.05) is 11.9 Å². The molecule has 0 fully saturated rings. The summed E-state index contributed by atoms with van der Waals surface area (Å²) in [5.74, 6) is -0.489. The van der Waals surface area contributed by atoms with Gasteiger partial charge in [-0.3, -0.25) is 9.59 Å². The van der Waals surface area contributed by atoms with Gasteiger partial charge < -0.3 is 20.2 Å². The number of carbonyl (C=O) groups excluding carboxylic acids is 2. The highest BCUT2D eigenvalue weighted by molar-refractivity contribution is 5.95. The third kappa shape index (κ3) is 4.47. The highest BCUT2D eigenvalue weighted by Crippen LogP contribution is 2.10. The Kier molecular flexibility index (Phi) is 5.11. The van der Waals surface area contributed by atoms with Crippen molar-refractivity contribution in [1.29, 1.82) is 0 Å². The third-order valence-corrected chi connectivity index (χ3v) is 2.81. The summed E-state index contributed by atoms with van der Waals surface area (Å²) in [4.78, 5) is 23.3. The van der Waals surface area contributed by atoms with Gasteiger partial charge >= 0.3 is 0 Å². The number of rotatable bonds is 6. The molecular formula is C15H16N2O4. The maximum Gasteiger partial charge on any atom is 0.254 e. The van der Waals surface area contributed by atoms with Crippen LogP contribution in [-0.4, -0.2) is 23.5 Å². The molecule has 3 N–H and O–H groups in total. The van der Waals surface area contributed by atoms with E-state index in [-0.39, 0.29) is 31.4 Å². The second kappa shape index (κ2) is 7.25. The summed E-state index contributed by atoms with van der Waals surface area (Å²) >= 11 is 0. The number of amides is 2. The van der Waals surface area contributed by atoms with Crippen molar-refractivity contribution in [3.63, 3.8) is 0 Å². The van der Waals surface area contributed by atoms with E-state index in [4.69, 9.17) is 9.52 Å². The molecule has 0 aliphatic rings. The van der Waals surface area contributed by atoms with Crippen LogP contribution in [0.1, 0.15) is 22.3 Å². The van der Waals surface area contributed by atoms with Crippen LogP contribution in [0.15, 0.2) is 47.3 Å². The molecule has 2 rings (SSSR count). The van der Waals surface area contributed by atoms with Crippen molar-refractivity contribution in [3.8, 4) is 0 Å². The molecule has 0 saturated heterocycles. The Bertz CT molecular complexity index is 608. The van der Waals surface area contributed by atoms with Gasteiger partial charge in [0, 0.05) is 18.7 Å². The Balaban J connectivity index is 1.76. The highest BCUT2D eigenvalue weighted by Gasteiger charge is 2.08. The minimum atomic E-state index is -0.279. The van der Waals surface area contributed by atoms with E-state index in [1.54, 1.807) is 30.3 Å². The van der Waals surface area contributed by atoms with Crippen LogP contribution in [-0.2, 0) is 11.4 Å². The number of furan rings is 1. The molecule has 110 valence electrons. The zero-order chi connectivity index (χ0) is 15.1. The molecule has 1 heterocycles. The van der Waals surface area contributed by atoms with Gasteiger partial charge in [0.15, 0.2) is 0 Å². The molecule has 2 amide bonds. The molecule has 0 unspecified atom stereocenters. The van der Waals surface area contributed by atoms with Gasteiger partial charge in [-0.25, -0.2) is 0 Å². The third-order valence-electron chi connectivity index (χ3n) is 2.81. The first-order valence-electron chi connectivity index (χ1n) is 6.49. The number of hydrogen-bond acceptors (Lipinski definition) is 4. The number of anilines is 1. The Morgan fingerprint density at radius 1 is 1.24 bits per heavy atom. The summed E-state index contributed by atoms with van der Waals surface area (Å²) in [6, 6.07) is 8.50. The number of carbonyl (C=O) groups is 2. The minimum absolute atomic E-state index is 0.0789. The minimum Gasteiger partial charge on any atom is -0.472 e. The van der Waals surface area contributed by atoms with Gasteiger partial charge in [0.25, 0.3) is 5.91 Å². The van der Waals surface area contributed by atoms with Gasteiger partial charge in [-0.05, 0) is 23.8 Å². The smallest absolute Gasteiger partial charge is 0.254 e. The largest absolute Gasteiger partial charge is 0.472 e. The Morgan fingerprint density at radius 2 is 2.10 bits per heavy atom. The van der Waals surface area contributed by atoms with Gasteiger partial charge in [0.2, 0.25) is 5.91 Å². The van der Waals surface area contributed by atoms with E-state index in [9.17, 15) is 9.59 Å². The number of hydrogen-bond donors (Lipinski definition) is 3. The molecule has 0 radical (unpaired) electrons. The lowest BCUT2D eigenvalue weighted by Gasteiger charge is -2.07. The zero-order valence-corrected chi connectivity index (χ0v) is 11.3. The highest BCUT2D eigenvalue weighted by atomic mass is 16.3. The maximum atomic E-state index is 11.7. The van der Waals surface area contributed by atoms with E-state index in [2.05, 4.69) is 10.6 Å². The van der Waals surface area contributed by atoms with Crippen LogP contribution in [0, 0.1) is 0 Å². The molecular weight excluding hydrogens is 272 g/mol. The fraction of sp³-hybridized carbons (Fsp3) is 0.200. The standard InChI is InChI=1S/C15H16N2O4/c18-9-11-2-1-3-13(8-11)17-14(19)4-6-16-15(20)12-5-7-21-10-12/h1-3,5,7-8,10,18H,4,6,9H2,(H,16,20)(H,17,19). The van der Waals surface area contributed by atoms with Crippen LogP contribution in [0.2, 0.25) is 0 Å². The first kappa shape index (κ1) is 14.8. The van der Waals surface area contributed by atoms with Crippen molar-refractivity contribution < 1.29 is 19.1 Å². The summed E-state index contributed by atoms with van der Waals surface area (Å²) in [5.41, 5.74) is 1.76. The Labute approximate surface area is 121 Å². The van der Waals surface area contributed by atoms with E-state index >= 15 is 0 Å². The fourth-order valence-corrected chi connectivity index (χ4v) is 1.76. The van der Waals surface area contributed by atoms with Gasteiger partial charge in [0.05, 0.1) is 18.4 Å². The van der Waals surface area contributed by atoms with Gasteiger partial charge in [0.1, 0.15) is 6.26 Å². The van der Waals surface area contributed by atoms with E-state index in [0.29, 0.717) is 11.3 Å². The van der Waals surface area contributed by atoms with E-state index in [1.807, 2.05) is 0 Å². The number of benzene rings is 1. The van der Waals surface area contributed by atoms with Crippen LogP contribution in [0.3, 0.4) is 0 Å². The predicted molar refractivity (Wildman–Crippen MR) is 76.7 cm³/mol. The molecule has 6 heteroatoms. The van der Waals surface area contributed by atoms with Crippen LogP contribution in [0.25, 0.3) is 0 Å². The summed E-state index contributed by atoms with van der Waals surface area (Å²) in [6.07, 6.45) is 2.92. The normalized spacial score (nSPS) is 10.1. The van der Waals surface area contributed by atoms with Crippen molar-refractivity contribution in [2.45, 2.75) is 13.0 Å². The average molecular weight is 288 g/mol. The van der Waals surface area contributed by atoms with Crippen LogP contribution in [0.4, 0.5) is 5.69 Å². The van der Waals surface area contributed by atoms with Crippen LogP contribution >= 0.6 is 0 Å². The fourth-order valence-electron chi connectivity index (χ4n) is 1.76. The quantitative estimate of drug-likeness (QED) is 0.751. The van der Waals surface area contributed by atoms with Gasteiger partial charge in [-0.15, -0.1) is 0 Å². The number of aliphatic hydroxyl groups is 1. The van der Waals surface area contributed by atoms with E-state index < -0.39 is 0 Å². The van der Waals surface area contributed by atoms with Crippen molar-refractivity contribution in [1.82, 2.24) is 5.32 Å². The van der Waals surface area contributed by atoms with Crippen molar-refractivity contribution >= 4 is 17.5 Å². The summed E-state index contributed by atoms with van der Waals surface area (Å²) in [7, 11) is 0. The topological polar surface area (TPSA) is 91.6 Å². The molecule has 0 aliphatic carbocycles. The lowest BCUT2D eigenvalue weighted by molar-refractivity contribution is -0.116. The predicted octanol–water partition coefficient (Wildman–Crippen LogP) is 1.53. The van der Waals surface area contributed by atoms with Crippen LogP contribution in [0.5, 0.6) is 0 Å². The van der Waals surface area contributed by atoms with Gasteiger partial charge in [-0.2, -0.15) is 0 Å². The average Bonchev–Trinajstić information content (AvgIpc) is 3.01. The van der Waals surface area contributed by atoms with Crippen LogP contribution < -0.4 is 10.6 Å². The molecule has 0 spiro atoms. The molecule has 0 atom stereocenters. The van der Waals surface area contributed by atoms with Crippen molar-refractivity contribution in [2.24, 2.45) is 0 Å². The summed E-state index contributed by atoms with van der Waals surface area (Å²) in [5, 5.41) is 14.4. The molecule has 1 aromatic heterocycles. The molecule has 0 aliphatic heterocycles. The van der Waals surface area contributed by atoms with E-state index in [1.165, 1.54) is 12.5 Å². The monoisotopic (exact) mass is 288 g/mol. The molecule has 21 heavy (non-hydrogen) atoms. The number of nitrogens with one attached hydrogen (secondary N) is 2. The second-order valence-electron chi connectivity index (χ2n) is 4.42. The van der Waals surface area contributed by atoms with Crippen molar-refractivity contribution in [3.05, 3.63) is 54.0 Å². The SMILES string of the molecule is O=C(CCNC(=O)c1ccoc1)Nc1cccc(CO)c1. The second-order valence-corrected chi connectivity index (χ2v) is 4.42. The molecule has 0 saturated carbocycles. The molecule has 1 aromatic carbocycles. The lowest BCUT2D eigenvalue weighted by atomic mass is 10.2. The summed E-state index contributed by atoms with van der Waals surface area (Å²) < 4.78 is 4.80. The maximum absolute atomic E-state index is 11.7. The first-order chi connectivity index (χ1) is 10.2. The Hall–Kier alpha value is -2.60. The lowest BCUT2D eigenvalue weighted by Crippen LogP contribution is -2.27. The molecule has 2 aromatic rings. The number of aliphatic hydroxyl groups excluding tert-OH is 1.